The summed E-state index contributed by atoms with van der Waals surface area (Å²) in [4.78, 5) is 10.5. The highest BCUT2D eigenvalue weighted by molar-refractivity contribution is 6.58. The number of rotatable bonds is 3. The molecule has 0 aromatic heterocycles. The van der Waals surface area contributed by atoms with Crippen LogP contribution in [-0.4, -0.2) is 28.7 Å². The van der Waals surface area contributed by atoms with Crippen molar-refractivity contribution in [1.29, 1.82) is 5.53 Å². The van der Waals surface area contributed by atoms with E-state index < -0.39 is 16.8 Å². The summed E-state index contributed by atoms with van der Waals surface area (Å²) in [5.74, 6) is -0.700. The van der Waals surface area contributed by atoms with E-state index in [1.807, 2.05) is 0 Å². The van der Waals surface area contributed by atoms with Gasteiger partial charge in [0.2, 0.25) is 6.54 Å². The van der Waals surface area contributed by atoms with Crippen LogP contribution in [0.3, 0.4) is 0 Å². The van der Waals surface area contributed by atoms with Crippen molar-refractivity contribution in [2.24, 2.45) is 0 Å². The van der Waals surface area contributed by atoms with Crippen LogP contribution >= 0.6 is 23.2 Å². The Hall–Kier alpha value is -0.550. The van der Waals surface area contributed by atoms with Crippen molar-refractivity contribution in [3.8, 4) is 0 Å². The van der Waals surface area contributed by atoms with E-state index >= 15 is 0 Å². The highest BCUT2D eigenvalue weighted by Gasteiger charge is 2.37. The summed E-state index contributed by atoms with van der Waals surface area (Å²) in [6.07, 6.45) is 0. The normalized spacial score (nSPS) is 10.8. The zero-order valence-electron chi connectivity index (χ0n) is 5.73. The summed E-state index contributed by atoms with van der Waals surface area (Å²) in [5, 5.41) is 12.3. The lowest BCUT2D eigenvalue weighted by atomic mass is 10.4. The van der Waals surface area contributed by atoms with E-state index in [-0.39, 0.29) is 4.86 Å². The van der Waals surface area contributed by atoms with Crippen molar-refractivity contribution in [1.82, 2.24) is 5.32 Å². The molecule has 0 fully saturated rings. The van der Waals surface area contributed by atoms with Crippen molar-refractivity contribution >= 4 is 29.1 Å². The van der Waals surface area contributed by atoms with E-state index in [2.05, 4.69) is 5.32 Å². The number of nitrogens with one attached hydrogen (secondary N) is 2. The number of carbonyl (C=O) groups excluding carboxylic acids is 1. The predicted octanol–water partition coefficient (Wildman–Crippen LogP) is 0.448. The molecular formula is C4H7Cl2N3O2. The predicted molar refractivity (Wildman–Crippen MR) is 39.7 cm³/mol. The minimum atomic E-state index is -1.85. The molecule has 7 heteroatoms. The minimum Gasteiger partial charge on any atom is -0.600 e. The molecule has 11 heavy (non-hydrogen) atoms. The van der Waals surface area contributed by atoms with E-state index in [1.165, 1.54) is 7.05 Å². The molecule has 0 spiro atoms. The third kappa shape index (κ3) is 3.38. The zero-order chi connectivity index (χ0) is 9.07. The van der Waals surface area contributed by atoms with Gasteiger partial charge in [0, 0.05) is 7.05 Å². The molecule has 0 bridgehead atoms. The van der Waals surface area contributed by atoms with E-state index in [1.54, 1.807) is 0 Å². The molecule has 0 aromatic carbocycles. The fourth-order valence-corrected chi connectivity index (χ4v) is 0.841. The molecule has 0 unspecified atom stereocenters. The first kappa shape index (κ1) is 10.4. The lowest BCUT2D eigenvalue weighted by Crippen LogP contribution is -2.41. The first-order valence-electron chi connectivity index (χ1n) is 2.66. The first-order valence-corrected chi connectivity index (χ1v) is 3.41. The molecule has 0 rings (SSSR count). The molecule has 0 radical (unpaired) electrons. The Kier molecular flexibility index (Phi) is 3.54. The van der Waals surface area contributed by atoms with Crippen LogP contribution in [0, 0.1) is 10.7 Å². The van der Waals surface area contributed by atoms with Gasteiger partial charge < -0.3 is 10.5 Å². The molecule has 0 aliphatic heterocycles. The monoisotopic (exact) mass is 199 g/mol. The Morgan fingerprint density at radius 1 is 1.82 bits per heavy atom. The summed E-state index contributed by atoms with van der Waals surface area (Å²) in [6, 6.07) is 0. The average molecular weight is 200 g/mol. The Morgan fingerprint density at radius 2 is 2.27 bits per heavy atom. The summed E-state index contributed by atoms with van der Waals surface area (Å²) in [5.41, 5.74) is 6.43. The molecule has 0 aromatic rings. The molecule has 1 amide bonds. The maximum atomic E-state index is 10.7. The van der Waals surface area contributed by atoms with Gasteiger partial charge >= 0.3 is 0 Å². The number of halogens is 2. The Labute approximate surface area is 73.3 Å². The second kappa shape index (κ2) is 3.73. The molecule has 2 N–H and O–H groups in total. The largest absolute Gasteiger partial charge is 0.600 e. The number of hydrogen-bond acceptors (Lipinski definition) is 3. The summed E-state index contributed by atoms with van der Waals surface area (Å²) in [7, 11) is 1.33. The van der Waals surface area contributed by atoms with Crippen LogP contribution in [0.5, 0.6) is 0 Å². The van der Waals surface area contributed by atoms with Crippen molar-refractivity contribution in [3.05, 3.63) is 5.21 Å². The van der Waals surface area contributed by atoms with Gasteiger partial charge in [0.05, 0.1) is 0 Å². The second-order valence-corrected chi connectivity index (χ2v) is 3.30. The van der Waals surface area contributed by atoms with Crippen LogP contribution in [0.15, 0.2) is 0 Å². The molecule has 0 heterocycles. The van der Waals surface area contributed by atoms with Gasteiger partial charge in [0.25, 0.3) is 10.2 Å². The summed E-state index contributed by atoms with van der Waals surface area (Å²) >= 11 is 10.7. The van der Waals surface area contributed by atoms with Gasteiger partial charge in [-0.2, -0.15) is 0 Å². The summed E-state index contributed by atoms with van der Waals surface area (Å²) < 4.78 is -1.85. The smallest absolute Gasteiger partial charge is 0.263 e. The minimum absolute atomic E-state index is 0.255. The quantitative estimate of drug-likeness (QED) is 0.300. The summed E-state index contributed by atoms with van der Waals surface area (Å²) in [6.45, 7) is -0.588. The van der Waals surface area contributed by atoms with Gasteiger partial charge in [-0.15, -0.1) is 0 Å². The number of nitrogens with zero attached hydrogens (tertiary/aromatic N) is 1. The molecule has 0 saturated heterocycles. The molecule has 0 atom stereocenters. The fourth-order valence-electron chi connectivity index (χ4n) is 0.435. The van der Waals surface area contributed by atoms with Crippen LogP contribution in [0.1, 0.15) is 0 Å². The Balaban J connectivity index is 4.21. The van der Waals surface area contributed by atoms with Crippen molar-refractivity contribution < 1.29 is 9.66 Å². The van der Waals surface area contributed by atoms with Crippen molar-refractivity contribution in [2.45, 2.75) is 4.33 Å². The van der Waals surface area contributed by atoms with Crippen molar-refractivity contribution in [3.63, 3.8) is 0 Å². The third-order valence-corrected chi connectivity index (χ3v) is 1.48. The topological polar surface area (TPSA) is 79.0 Å². The Bertz CT molecular complexity index is 182. The van der Waals surface area contributed by atoms with Crippen molar-refractivity contribution in [2.75, 3.05) is 13.6 Å². The van der Waals surface area contributed by atoms with Gasteiger partial charge in [-0.25, -0.2) is 0 Å². The van der Waals surface area contributed by atoms with Crippen LogP contribution < -0.4 is 5.32 Å². The number of hydrogen-bond donors (Lipinski definition) is 2. The van der Waals surface area contributed by atoms with Gasteiger partial charge in [-0.1, -0.05) is 28.1 Å². The van der Waals surface area contributed by atoms with E-state index in [0.29, 0.717) is 0 Å². The Morgan fingerprint density at radius 3 is 2.55 bits per heavy atom. The molecular weight excluding hydrogens is 193 g/mol. The number of alkyl halides is 2. The average Bonchev–Trinajstić information content (AvgIpc) is 1.83. The number of amides is 1. The molecule has 5 nitrogen and oxygen atoms in total. The van der Waals surface area contributed by atoms with Crippen LogP contribution in [-0.2, 0) is 4.79 Å². The van der Waals surface area contributed by atoms with Crippen LogP contribution in [0.2, 0.25) is 0 Å². The molecule has 64 valence electrons. The lowest BCUT2D eigenvalue weighted by Gasteiger charge is -2.13. The SMILES string of the molecule is CNC(=O)C(Cl)(Cl)C[N+](=N)[O-]. The fraction of sp³-hybridized carbons (Fsp3) is 0.750. The van der Waals surface area contributed by atoms with Gasteiger partial charge in [0.15, 0.2) is 0 Å². The zero-order valence-corrected chi connectivity index (χ0v) is 7.24. The van der Waals surface area contributed by atoms with E-state index in [4.69, 9.17) is 28.7 Å². The maximum Gasteiger partial charge on any atom is 0.263 e. The lowest BCUT2D eigenvalue weighted by molar-refractivity contribution is -0.551. The highest BCUT2D eigenvalue weighted by atomic mass is 35.5. The first-order chi connectivity index (χ1) is 4.90. The standard InChI is InChI=1S/C4H7Cl2N3O2/c1-8-3(10)4(5,6)2-9(7)11/h7H,2H2,1H3,(H,8,10). The van der Waals surface area contributed by atoms with E-state index in [9.17, 15) is 10.0 Å². The van der Waals surface area contributed by atoms with Gasteiger partial charge in [-0.05, 0) is 5.53 Å². The van der Waals surface area contributed by atoms with E-state index in [0.717, 1.165) is 0 Å². The molecule has 0 aliphatic rings. The van der Waals surface area contributed by atoms with Crippen LogP contribution in [0.4, 0.5) is 0 Å². The third-order valence-electron chi connectivity index (χ3n) is 0.901. The van der Waals surface area contributed by atoms with Gasteiger partial charge in [-0.3, -0.25) is 4.79 Å². The van der Waals surface area contributed by atoms with Gasteiger partial charge in [0.1, 0.15) is 0 Å². The highest BCUT2D eigenvalue weighted by Crippen LogP contribution is 2.20. The maximum absolute atomic E-state index is 10.7. The second-order valence-electron chi connectivity index (χ2n) is 1.82. The van der Waals surface area contributed by atoms with Crippen LogP contribution in [0.25, 0.3) is 0 Å². The number of hydroxylamine groups is 1. The molecule has 0 saturated carbocycles. The molecule has 0 aliphatic carbocycles. The number of carbonyl (C=O) groups is 1.